The van der Waals surface area contributed by atoms with Crippen LogP contribution in [0.3, 0.4) is 0 Å². The fourth-order valence-electron chi connectivity index (χ4n) is 3.54. The van der Waals surface area contributed by atoms with E-state index in [1.165, 1.54) is 17.7 Å². The molecule has 0 unspecified atom stereocenters. The number of nitrogens with zero attached hydrogens (tertiary/aromatic N) is 4. The van der Waals surface area contributed by atoms with Gasteiger partial charge < -0.3 is 4.90 Å². The number of benzene rings is 1. The van der Waals surface area contributed by atoms with Crippen molar-refractivity contribution in [1.29, 1.82) is 0 Å². The third kappa shape index (κ3) is 5.07. The molecule has 158 valence electrons. The molecule has 2 heterocycles. The van der Waals surface area contributed by atoms with Crippen molar-refractivity contribution in [1.82, 2.24) is 14.0 Å². The Kier molecular flexibility index (Phi) is 6.13. The Bertz CT molecular complexity index is 1100. The predicted molar refractivity (Wildman–Crippen MR) is 114 cm³/mol. The number of hydrogen-bond donors (Lipinski definition) is 1. The summed E-state index contributed by atoms with van der Waals surface area (Å²) in [5, 5.41) is 0. The van der Waals surface area contributed by atoms with Crippen LogP contribution in [0.2, 0.25) is 0 Å². The Morgan fingerprint density at radius 3 is 2.31 bits per heavy atom. The molecule has 0 spiro atoms. The smallest absolute Gasteiger partial charge is 0.332 e. The lowest BCUT2D eigenvalue weighted by Crippen LogP contribution is -2.49. The molecular weight excluding hydrogens is 394 g/mol. The molecule has 2 aromatic rings. The third-order valence-electron chi connectivity index (χ3n) is 5.21. The first-order valence-corrected chi connectivity index (χ1v) is 11.3. The van der Waals surface area contributed by atoms with E-state index in [0.29, 0.717) is 24.6 Å². The van der Waals surface area contributed by atoms with E-state index in [1.54, 1.807) is 13.1 Å². The number of aromatic nitrogens is 2. The van der Waals surface area contributed by atoms with Gasteiger partial charge in [0.2, 0.25) is 10.0 Å². The van der Waals surface area contributed by atoms with Gasteiger partial charge in [-0.25, -0.2) is 13.2 Å². The average molecular weight is 422 g/mol. The maximum absolute atomic E-state index is 12.1. The molecule has 1 aliphatic rings. The number of para-hydroxylation sites is 1. The first-order valence-electron chi connectivity index (χ1n) is 9.46. The molecule has 0 saturated carbocycles. The molecule has 0 radical (unpaired) electrons. The predicted octanol–water partition coefficient (Wildman–Crippen LogP) is -0.180. The second-order valence-electron chi connectivity index (χ2n) is 7.35. The molecule has 10 heteroatoms. The van der Waals surface area contributed by atoms with Gasteiger partial charge in [0.25, 0.3) is 5.56 Å². The summed E-state index contributed by atoms with van der Waals surface area (Å²) in [6.45, 7) is 3.81. The van der Waals surface area contributed by atoms with E-state index in [-0.39, 0.29) is 11.2 Å². The maximum Gasteiger partial charge on any atom is 0.332 e. The van der Waals surface area contributed by atoms with E-state index < -0.39 is 10.0 Å². The molecule has 0 aliphatic carbocycles. The number of piperazine rings is 1. The van der Waals surface area contributed by atoms with E-state index in [0.717, 1.165) is 42.4 Å². The lowest BCUT2D eigenvalue weighted by atomic mass is 10.1. The summed E-state index contributed by atoms with van der Waals surface area (Å²) in [7, 11) is -0.170. The fourth-order valence-corrected chi connectivity index (χ4v) is 4.14. The molecular formula is C19H27N5O4S. The van der Waals surface area contributed by atoms with Crippen LogP contribution >= 0.6 is 0 Å². The maximum atomic E-state index is 12.1. The van der Waals surface area contributed by atoms with Crippen LogP contribution in [0.25, 0.3) is 0 Å². The van der Waals surface area contributed by atoms with Gasteiger partial charge in [-0.1, -0.05) is 18.2 Å². The molecule has 0 bridgehead atoms. The van der Waals surface area contributed by atoms with Gasteiger partial charge in [-0.2, -0.15) is 0 Å². The van der Waals surface area contributed by atoms with Crippen LogP contribution in [-0.2, 0) is 30.5 Å². The van der Waals surface area contributed by atoms with Gasteiger partial charge in [-0.3, -0.25) is 23.6 Å². The Labute approximate surface area is 170 Å². The molecule has 0 amide bonds. The van der Waals surface area contributed by atoms with Gasteiger partial charge in [0.05, 0.1) is 11.9 Å². The van der Waals surface area contributed by atoms with Crippen molar-refractivity contribution < 1.29 is 8.42 Å². The second kappa shape index (κ2) is 8.42. The van der Waals surface area contributed by atoms with Crippen LogP contribution in [0.15, 0.2) is 39.9 Å². The van der Waals surface area contributed by atoms with Gasteiger partial charge in [0.1, 0.15) is 5.82 Å². The Hall–Kier alpha value is -2.59. The minimum Gasteiger partial charge on any atom is -0.355 e. The van der Waals surface area contributed by atoms with Gasteiger partial charge in [0, 0.05) is 52.9 Å². The third-order valence-corrected chi connectivity index (χ3v) is 5.80. The Balaban J connectivity index is 1.62. The highest BCUT2D eigenvalue weighted by Gasteiger charge is 2.20. The first-order chi connectivity index (χ1) is 13.7. The van der Waals surface area contributed by atoms with Crippen LogP contribution in [0.4, 0.5) is 11.5 Å². The van der Waals surface area contributed by atoms with Crippen LogP contribution in [0.1, 0.15) is 5.56 Å². The highest BCUT2D eigenvalue weighted by molar-refractivity contribution is 7.92. The van der Waals surface area contributed by atoms with Crippen molar-refractivity contribution in [2.24, 2.45) is 14.1 Å². The average Bonchev–Trinajstić information content (AvgIpc) is 2.68. The first kappa shape index (κ1) is 21.1. The summed E-state index contributed by atoms with van der Waals surface area (Å²) < 4.78 is 28.3. The SMILES string of the molecule is Cn1c(N2CCN(CCc3ccccc3NS(C)(=O)=O)CC2)cc(=O)n(C)c1=O. The van der Waals surface area contributed by atoms with E-state index in [4.69, 9.17) is 0 Å². The summed E-state index contributed by atoms with van der Waals surface area (Å²) in [5.74, 6) is 0.639. The molecule has 29 heavy (non-hydrogen) atoms. The lowest BCUT2D eigenvalue weighted by Gasteiger charge is -2.36. The summed E-state index contributed by atoms with van der Waals surface area (Å²) in [5.41, 5.74) is 0.934. The zero-order valence-corrected chi connectivity index (χ0v) is 17.8. The van der Waals surface area contributed by atoms with Crippen LogP contribution < -0.4 is 20.9 Å². The normalized spacial score (nSPS) is 15.5. The van der Waals surface area contributed by atoms with Crippen molar-refractivity contribution >= 4 is 21.5 Å². The quantitative estimate of drug-likeness (QED) is 0.695. The summed E-state index contributed by atoms with van der Waals surface area (Å²) >= 11 is 0. The number of rotatable bonds is 6. The molecule has 1 aromatic carbocycles. The topological polar surface area (TPSA) is 96.7 Å². The zero-order valence-electron chi connectivity index (χ0n) is 17.0. The fraction of sp³-hybridized carbons (Fsp3) is 0.474. The minimum atomic E-state index is -3.32. The highest BCUT2D eigenvalue weighted by Crippen LogP contribution is 2.18. The van der Waals surface area contributed by atoms with Gasteiger partial charge in [0.15, 0.2) is 0 Å². The van der Waals surface area contributed by atoms with Gasteiger partial charge in [-0.05, 0) is 18.1 Å². The van der Waals surface area contributed by atoms with Crippen LogP contribution in [-0.4, -0.2) is 61.4 Å². The van der Waals surface area contributed by atoms with E-state index in [9.17, 15) is 18.0 Å². The lowest BCUT2D eigenvalue weighted by molar-refractivity contribution is 0.259. The van der Waals surface area contributed by atoms with Crippen molar-refractivity contribution in [2.75, 3.05) is 48.6 Å². The Morgan fingerprint density at radius 2 is 1.66 bits per heavy atom. The summed E-state index contributed by atoms with van der Waals surface area (Å²) in [6.07, 6.45) is 1.87. The molecule has 0 atom stereocenters. The molecule has 9 nitrogen and oxygen atoms in total. The van der Waals surface area contributed by atoms with Gasteiger partial charge >= 0.3 is 5.69 Å². The standard InChI is InChI=1S/C19H27N5O4S/c1-21-17(14-18(25)22(2)19(21)26)24-12-10-23(11-13-24)9-8-15-6-4-5-7-16(15)20-29(3,27)28/h4-7,14,20H,8-13H2,1-3H3. The number of hydrogen-bond acceptors (Lipinski definition) is 6. The van der Waals surface area contributed by atoms with E-state index in [2.05, 4.69) is 14.5 Å². The van der Waals surface area contributed by atoms with Crippen LogP contribution in [0.5, 0.6) is 0 Å². The number of anilines is 2. The highest BCUT2D eigenvalue weighted by atomic mass is 32.2. The van der Waals surface area contributed by atoms with E-state index >= 15 is 0 Å². The molecule has 1 saturated heterocycles. The van der Waals surface area contributed by atoms with Crippen LogP contribution in [0, 0.1) is 0 Å². The summed E-state index contributed by atoms with van der Waals surface area (Å²) in [4.78, 5) is 28.5. The van der Waals surface area contributed by atoms with Crippen molar-refractivity contribution in [2.45, 2.75) is 6.42 Å². The Morgan fingerprint density at radius 1 is 1.00 bits per heavy atom. The summed E-state index contributed by atoms with van der Waals surface area (Å²) in [6, 6.07) is 8.91. The number of sulfonamides is 1. The van der Waals surface area contributed by atoms with Crippen molar-refractivity contribution in [3.05, 3.63) is 56.7 Å². The van der Waals surface area contributed by atoms with E-state index in [1.807, 2.05) is 18.2 Å². The molecule has 1 aliphatic heterocycles. The zero-order chi connectivity index (χ0) is 21.2. The molecule has 3 rings (SSSR count). The number of nitrogens with one attached hydrogen (secondary N) is 1. The second-order valence-corrected chi connectivity index (χ2v) is 9.10. The molecule has 1 aromatic heterocycles. The monoisotopic (exact) mass is 421 g/mol. The molecule has 1 fully saturated rings. The van der Waals surface area contributed by atoms with Crippen molar-refractivity contribution in [3.63, 3.8) is 0 Å². The largest absolute Gasteiger partial charge is 0.355 e. The van der Waals surface area contributed by atoms with Gasteiger partial charge in [-0.15, -0.1) is 0 Å². The minimum absolute atomic E-state index is 0.305. The molecule has 1 N–H and O–H groups in total. The van der Waals surface area contributed by atoms with Crippen molar-refractivity contribution in [3.8, 4) is 0 Å².